The molecule has 0 unspecified atom stereocenters. The number of sulfonamides is 1. The molecule has 1 fully saturated rings. The highest BCUT2D eigenvalue weighted by atomic mass is 32.2. The number of hydrogen-bond donors (Lipinski definition) is 4. The number of sulfone groups is 1. The number of piperidine rings is 1. The summed E-state index contributed by atoms with van der Waals surface area (Å²) in [6.07, 6.45) is -6.19. The van der Waals surface area contributed by atoms with E-state index in [-0.39, 0.29) is 44.0 Å². The van der Waals surface area contributed by atoms with Crippen molar-refractivity contribution in [1.29, 1.82) is 0 Å². The first-order chi connectivity index (χ1) is 16.8. The first-order valence-electron chi connectivity index (χ1n) is 10.7. The number of nitrogens with zero attached hydrogens (tertiary/aromatic N) is 1. The molecule has 0 atom stereocenters. The molecule has 0 bridgehead atoms. The number of aliphatic hydroxyl groups excluding tert-OH is 1. The van der Waals surface area contributed by atoms with Gasteiger partial charge in [0.1, 0.15) is 0 Å². The van der Waals surface area contributed by atoms with Crippen LogP contribution in [-0.4, -0.2) is 70.3 Å². The largest absolute Gasteiger partial charge is 0.465 e. The van der Waals surface area contributed by atoms with E-state index < -0.39 is 53.5 Å². The summed E-state index contributed by atoms with van der Waals surface area (Å²) >= 11 is 0. The van der Waals surface area contributed by atoms with Crippen LogP contribution in [0.5, 0.6) is 0 Å². The average Bonchev–Trinajstić information content (AvgIpc) is 2.82. The number of likely N-dealkylation sites (tertiary alicyclic amines) is 1. The number of hydrogen-bond acceptors (Lipinski definition) is 7. The number of aliphatic hydroxyl groups is 1. The minimum absolute atomic E-state index is 0.00771. The molecule has 3 rings (SSSR count). The Labute approximate surface area is 205 Å². The zero-order valence-electron chi connectivity index (χ0n) is 18.7. The molecule has 2 aromatic rings. The standard InChI is InChI=1S/C21H24F3N3O7S2/c22-21(23,24)18-6-5-17(35(31,32)16-3-1-14(2-4-16)25-9-12-28)13-19(18)36(33,34)26-15-7-10-27(11-8-15)20(29)30/h1-6,13,15,25-26,28H,7-12H2,(H,29,30). The molecule has 1 saturated heterocycles. The predicted octanol–water partition coefficient (Wildman–Crippen LogP) is 2.36. The summed E-state index contributed by atoms with van der Waals surface area (Å²) in [5.74, 6) is 0. The Kier molecular flexibility index (Phi) is 8.17. The number of benzene rings is 2. The highest BCUT2D eigenvalue weighted by Gasteiger charge is 2.39. The maximum Gasteiger partial charge on any atom is 0.417 e. The second-order valence-corrected chi connectivity index (χ2v) is 11.6. The van der Waals surface area contributed by atoms with Crippen LogP contribution in [-0.2, 0) is 26.0 Å². The maximum atomic E-state index is 13.7. The van der Waals surface area contributed by atoms with Crippen LogP contribution in [0.3, 0.4) is 0 Å². The number of carbonyl (C=O) groups is 1. The molecule has 36 heavy (non-hydrogen) atoms. The summed E-state index contributed by atoms with van der Waals surface area (Å²) in [7, 11) is -9.21. The Hall–Kier alpha value is -2.88. The zero-order chi connectivity index (χ0) is 26.7. The van der Waals surface area contributed by atoms with Gasteiger partial charge in [0.25, 0.3) is 0 Å². The topological polar surface area (TPSA) is 153 Å². The van der Waals surface area contributed by atoms with Crippen molar-refractivity contribution in [3.05, 3.63) is 48.0 Å². The van der Waals surface area contributed by atoms with Gasteiger partial charge in [-0.3, -0.25) is 0 Å². The van der Waals surface area contributed by atoms with Crippen LogP contribution in [0.25, 0.3) is 0 Å². The van der Waals surface area contributed by atoms with Gasteiger partial charge >= 0.3 is 12.3 Å². The van der Waals surface area contributed by atoms with E-state index in [1.54, 1.807) is 0 Å². The highest BCUT2D eigenvalue weighted by Crippen LogP contribution is 2.36. The Bertz CT molecular complexity index is 1310. The van der Waals surface area contributed by atoms with Crippen molar-refractivity contribution in [2.24, 2.45) is 0 Å². The van der Waals surface area contributed by atoms with E-state index in [1.807, 2.05) is 0 Å². The van der Waals surface area contributed by atoms with Crippen LogP contribution < -0.4 is 10.0 Å². The molecule has 0 saturated carbocycles. The van der Waals surface area contributed by atoms with E-state index in [2.05, 4.69) is 10.0 Å². The Morgan fingerprint density at radius 3 is 2.11 bits per heavy atom. The van der Waals surface area contributed by atoms with Crippen LogP contribution in [0, 0.1) is 0 Å². The van der Waals surface area contributed by atoms with Gasteiger partial charge in [-0.2, -0.15) is 13.2 Å². The molecular weight excluding hydrogens is 527 g/mol. The van der Waals surface area contributed by atoms with Gasteiger partial charge in [-0.1, -0.05) is 0 Å². The highest BCUT2D eigenvalue weighted by molar-refractivity contribution is 7.91. The third kappa shape index (κ3) is 6.27. The third-order valence-electron chi connectivity index (χ3n) is 5.55. The van der Waals surface area contributed by atoms with Crippen molar-refractivity contribution >= 4 is 31.6 Å². The third-order valence-corrected chi connectivity index (χ3v) is 8.88. The molecule has 1 heterocycles. The monoisotopic (exact) mass is 551 g/mol. The number of amides is 1. The minimum Gasteiger partial charge on any atom is -0.465 e. The second-order valence-electron chi connectivity index (χ2n) is 8.00. The van der Waals surface area contributed by atoms with E-state index in [0.29, 0.717) is 23.9 Å². The van der Waals surface area contributed by atoms with Crippen LogP contribution in [0.4, 0.5) is 23.7 Å². The van der Waals surface area contributed by atoms with E-state index >= 15 is 0 Å². The van der Waals surface area contributed by atoms with Crippen molar-refractivity contribution < 1.29 is 45.0 Å². The quantitative estimate of drug-likeness (QED) is 0.390. The SMILES string of the molecule is O=C(O)N1CCC(NS(=O)(=O)c2cc(S(=O)(=O)c3ccc(NCCO)cc3)ccc2C(F)(F)F)CC1. The smallest absolute Gasteiger partial charge is 0.417 e. The van der Waals surface area contributed by atoms with Crippen LogP contribution >= 0.6 is 0 Å². The van der Waals surface area contributed by atoms with Gasteiger partial charge in [-0.15, -0.1) is 0 Å². The lowest BCUT2D eigenvalue weighted by molar-refractivity contribution is -0.139. The van der Waals surface area contributed by atoms with Crippen molar-refractivity contribution in [2.45, 2.75) is 39.7 Å². The van der Waals surface area contributed by atoms with E-state index in [4.69, 9.17) is 10.2 Å². The lowest BCUT2D eigenvalue weighted by atomic mass is 10.1. The van der Waals surface area contributed by atoms with Gasteiger partial charge in [0, 0.05) is 31.4 Å². The fourth-order valence-corrected chi connectivity index (χ4v) is 6.60. The van der Waals surface area contributed by atoms with Crippen LogP contribution in [0.1, 0.15) is 18.4 Å². The maximum absolute atomic E-state index is 13.7. The van der Waals surface area contributed by atoms with Gasteiger partial charge in [-0.05, 0) is 55.3 Å². The number of halogens is 3. The molecule has 0 aliphatic carbocycles. The van der Waals surface area contributed by atoms with Gasteiger partial charge in [0.2, 0.25) is 19.9 Å². The second kappa shape index (κ2) is 10.6. The van der Waals surface area contributed by atoms with Crippen molar-refractivity contribution in [3.8, 4) is 0 Å². The Balaban J connectivity index is 1.95. The number of carboxylic acid groups (broad SMARTS) is 1. The van der Waals surface area contributed by atoms with Crippen molar-refractivity contribution in [1.82, 2.24) is 9.62 Å². The van der Waals surface area contributed by atoms with E-state index in [0.717, 1.165) is 4.90 Å². The normalized spacial score (nSPS) is 15.6. The molecule has 15 heteroatoms. The van der Waals surface area contributed by atoms with Gasteiger partial charge < -0.3 is 20.4 Å². The summed E-state index contributed by atoms with van der Waals surface area (Å²) in [6.45, 7) is 0.0442. The summed E-state index contributed by atoms with van der Waals surface area (Å²) < 4.78 is 95.2. The first-order valence-corrected chi connectivity index (χ1v) is 13.6. The number of nitrogens with one attached hydrogen (secondary N) is 2. The van der Waals surface area contributed by atoms with Gasteiger partial charge in [0.05, 0.1) is 26.9 Å². The lowest BCUT2D eigenvalue weighted by Crippen LogP contribution is -2.46. The number of anilines is 1. The summed E-state index contributed by atoms with van der Waals surface area (Å²) in [5.41, 5.74) is -1.03. The zero-order valence-corrected chi connectivity index (χ0v) is 20.3. The van der Waals surface area contributed by atoms with E-state index in [9.17, 15) is 34.8 Å². The lowest BCUT2D eigenvalue weighted by Gasteiger charge is -2.30. The average molecular weight is 552 g/mol. The molecule has 1 aliphatic heterocycles. The van der Waals surface area contributed by atoms with Crippen molar-refractivity contribution in [3.63, 3.8) is 0 Å². The first kappa shape index (κ1) is 27.7. The molecule has 10 nitrogen and oxygen atoms in total. The molecule has 1 amide bonds. The van der Waals surface area contributed by atoms with Crippen molar-refractivity contribution in [2.75, 3.05) is 31.6 Å². The van der Waals surface area contributed by atoms with Gasteiger partial charge in [0.15, 0.2) is 0 Å². The molecule has 1 aliphatic rings. The number of alkyl halides is 3. The fraction of sp³-hybridized carbons (Fsp3) is 0.381. The molecule has 198 valence electrons. The van der Waals surface area contributed by atoms with E-state index in [1.165, 1.54) is 24.3 Å². The van der Waals surface area contributed by atoms with Crippen LogP contribution in [0.2, 0.25) is 0 Å². The van der Waals surface area contributed by atoms with Gasteiger partial charge in [-0.25, -0.2) is 26.4 Å². The summed E-state index contributed by atoms with van der Waals surface area (Å²) in [4.78, 5) is 9.93. The minimum atomic E-state index is -5.08. The molecule has 2 aromatic carbocycles. The molecule has 4 N–H and O–H groups in total. The predicted molar refractivity (Wildman–Crippen MR) is 122 cm³/mol. The number of rotatable bonds is 8. The fourth-order valence-electron chi connectivity index (χ4n) is 3.69. The summed E-state index contributed by atoms with van der Waals surface area (Å²) in [5, 5.41) is 20.7. The molecule has 0 radical (unpaired) electrons. The molecule has 0 aromatic heterocycles. The Morgan fingerprint density at radius 1 is 1.00 bits per heavy atom. The Morgan fingerprint density at radius 2 is 1.58 bits per heavy atom. The van der Waals surface area contributed by atoms with Crippen LogP contribution in [0.15, 0.2) is 57.2 Å². The molecule has 0 spiro atoms. The molecular formula is C21H24F3N3O7S2. The summed E-state index contributed by atoms with van der Waals surface area (Å²) in [6, 6.07) is 5.96.